The fourth-order valence-electron chi connectivity index (χ4n) is 2.89. The van der Waals surface area contributed by atoms with Crippen molar-refractivity contribution in [2.75, 3.05) is 7.11 Å². The largest absolute Gasteiger partial charge is 0.490 e. The Hall–Kier alpha value is -1.62. The number of nitrogens with one attached hydrogen (secondary N) is 1. The number of methoxy groups -OCH3 is 1. The molecular formula is C15H22N2O3. The molecule has 1 aromatic carbocycles. The zero-order chi connectivity index (χ0) is 14.5. The quantitative estimate of drug-likeness (QED) is 0.640. The van der Waals surface area contributed by atoms with Crippen molar-refractivity contribution < 1.29 is 9.66 Å². The first-order chi connectivity index (χ1) is 9.61. The average molecular weight is 278 g/mol. The summed E-state index contributed by atoms with van der Waals surface area (Å²) in [6.45, 7) is 2.86. The van der Waals surface area contributed by atoms with Crippen molar-refractivity contribution in [2.24, 2.45) is 5.92 Å². The van der Waals surface area contributed by atoms with Gasteiger partial charge >= 0.3 is 5.69 Å². The van der Waals surface area contributed by atoms with E-state index in [2.05, 4.69) is 12.2 Å². The monoisotopic (exact) mass is 278 g/mol. The molecule has 0 aromatic heterocycles. The van der Waals surface area contributed by atoms with Crippen LogP contribution >= 0.6 is 0 Å². The molecule has 1 aromatic rings. The number of nitro groups is 1. The lowest BCUT2D eigenvalue weighted by atomic mass is 9.99. The standard InChI is InChI=1S/C15H22N2O3/c1-11(13-5-3-4-6-13)16-10-12-7-8-15(20-2)14(9-12)17(18)19/h7-9,11,13,16H,3-6,10H2,1-2H3/t11-/m0/s1. The molecule has 0 aliphatic heterocycles. The Morgan fingerprint density at radius 3 is 2.75 bits per heavy atom. The van der Waals surface area contributed by atoms with E-state index in [1.807, 2.05) is 6.07 Å². The number of benzene rings is 1. The van der Waals surface area contributed by atoms with Gasteiger partial charge in [-0.25, -0.2) is 0 Å². The molecule has 20 heavy (non-hydrogen) atoms. The minimum Gasteiger partial charge on any atom is -0.490 e. The van der Waals surface area contributed by atoms with Crippen LogP contribution in [0.3, 0.4) is 0 Å². The highest BCUT2D eigenvalue weighted by molar-refractivity contribution is 5.48. The van der Waals surface area contributed by atoms with Crippen molar-refractivity contribution >= 4 is 5.69 Å². The normalized spacial score (nSPS) is 17.1. The number of nitro benzene ring substituents is 1. The minimum atomic E-state index is -0.400. The summed E-state index contributed by atoms with van der Waals surface area (Å²) in [6.07, 6.45) is 5.23. The van der Waals surface area contributed by atoms with Crippen molar-refractivity contribution in [3.8, 4) is 5.75 Å². The van der Waals surface area contributed by atoms with Crippen LogP contribution in [0.1, 0.15) is 38.2 Å². The van der Waals surface area contributed by atoms with Crippen LogP contribution < -0.4 is 10.1 Å². The Balaban J connectivity index is 1.98. The first-order valence-electron chi connectivity index (χ1n) is 7.16. The molecule has 0 heterocycles. The molecule has 1 aliphatic rings. The molecule has 110 valence electrons. The van der Waals surface area contributed by atoms with Gasteiger partial charge in [0, 0.05) is 18.7 Å². The first kappa shape index (κ1) is 14.8. The van der Waals surface area contributed by atoms with Crippen LogP contribution in [0.5, 0.6) is 5.75 Å². The van der Waals surface area contributed by atoms with Gasteiger partial charge in [-0.05, 0) is 37.3 Å². The molecule has 1 N–H and O–H groups in total. The zero-order valence-electron chi connectivity index (χ0n) is 12.1. The second-order valence-electron chi connectivity index (χ2n) is 5.48. The summed E-state index contributed by atoms with van der Waals surface area (Å²) in [5.41, 5.74) is 0.947. The van der Waals surface area contributed by atoms with Crippen LogP contribution in [0.25, 0.3) is 0 Å². The lowest BCUT2D eigenvalue weighted by Crippen LogP contribution is -2.31. The van der Waals surface area contributed by atoms with Crippen molar-refractivity contribution in [1.29, 1.82) is 0 Å². The van der Waals surface area contributed by atoms with Gasteiger partial charge in [0.1, 0.15) is 0 Å². The number of rotatable bonds is 6. The highest BCUT2D eigenvalue weighted by Gasteiger charge is 2.21. The maximum Gasteiger partial charge on any atom is 0.311 e. The van der Waals surface area contributed by atoms with Gasteiger partial charge in [-0.1, -0.05) is 18.9 Å². The minimum absolute atomic E-state index is 0.0281. The second-order valence-corrected chi connectivity index (χ2v) is 5.48. The SMILES string of the molecule is COc1ccc(CN[C@@H](C)C2CCCC2)cc1[N+](=O)[O-]. The van der Waals surface area contributed by atoms with E-state index < -0.39 is 4.92 Å². The van der Waals surface area contributed by atoms with Crippen molar-refractivity contribution in [1.82, 2.24) is 5.32 Å². The molecule has 1 fully saturated rings. The van der Waals surface area contributed by atoms with Gasteiger partial charge in [-0.3, -0.25) is 10.1 Å². The van der Waals surface area contributed by atoms with Crippen molar-refractivity contribution in [3.63, 3.8) is 0 Å². The summed E-state index contributed by atoms with van der Waals surface area (Å²) < 4.78 is 5.01. The third kappa shape index (κ3) is 3.48. The molecule has 0 unspecified atom stereocenters. The van der Waals surface area contributed by atoms with Crippen LogP contribution in [-0.4, -0.2) is 18.1 Å². The first-order valence-corrected chi connectivity index (χ1v) is 7.16. The summed E-state index contributed by atoms with van der Waals surface area (Å²) in [6, 6.07) is 5.58. The second kappa shape index (κ2) is 6.70. The van der Waals surface area contributed by atoms with Crippen LogP contribution in [0.2, 0.25) is 0 Å². The maximum atomic E-state index is 11.0. The van der Waals surface area contributed by atoms with E-state index >= 15 is 0 Å². The van der Waals surface area contributed by atoms with Gasteiger partial charge in [0.25, 0.3) is 0 Å². The van der Waals surface area contributed by atoms with E-state index in [0.717, 1.165) is 11.5 Å². The molecule has 5 heteroatoms. The van der Waals surface area contributed by atoms with Crippen LogP contribution in [-0.2, 0) is 6.54 Å². The van der Waals surface area contributed by atoms with Gasteiger partial charge in [-0.2, -0.15) is 0 Å². The van der Waals surface area contributed by atoms with Gasteiger partial charge in [0.15, 0.2) is 5.75 Å². The molecular weight excluding hydrogens is 256 g/mol. The van der Waals surface area contributed by atoms with E-state index in [-0.39, 0.29) is 5.69 Å². The lowest BCUT2D eigenvalue weighted by molar-refractivity contribution is -0.385. The van der Waals surface area contributed by atoms with E-state index in [1.165, 1.54) is 32.8 Å². The Bertz CT molecular complexity index is 470. The number of hydrogen-bond donors (Lipinski definition) is 1. The Kier molecular flexibility index (Phi) is 4.95. The molecule has 0 amide bonds. The van der Waals surface area contributed by atoms with Crippen LogP contribution in [0.4, 0.5) is 5.69 Å². The van der Waals surface area contributed by atoms with E-state index in [0.29, 0.717) is 18.3 Å². The van der Waals surface area contributed by atoms with Crippen LogP contribution in [0.15, 0.2) is 18.2 Å². The third-order valence-electron chi connectivity index (χ3n) is 4.18. The summed E-state index contributed by atoms with van der Waals surface area (Å²) in [5, 5.41) is 14.5. The summed E-state index contributed by atoms with van der Waals surface area (Å²) in [7, 11) is 1.45. The van der Waals surface area contributed by atoms with Crippen molar-refractivity contribution in [2.45, 2.75) is 45.2 Å². The van der Waals surface area contributed by atoms with Gasteiger partial charge < -0.3 is 10.1 Å². The molecule has 1 atom stereocenters. The smallest absolute Gasteiger partial charge is 0.311 e. The van der Waals surface area contributed by atoms with Gasteiger partial charge in [0.2, 0.25) is 0 Å². The average Bonchev–Trinajstić information content (AvgIpc) is 2.98. The van der Waals surface area contributed by atoms with Gasteiger partial charge in [-0.15, -0.1) is 0 Å². The Labute approximate surface area is 119 Å². The van der Waals surface area contributed by atoms with E-state index in [4.69, 9.17) is 4.74 Å². The fraction of sp³-hybridized carbons (Fsp3) is 0.600. The highest BCUT2D eigenvalue weighted by atomic mass is 16.6. The predicted molar refractivity (Wildman–Crippen MR) is 77.9 cm³/mol. The van der Waals surface area contributed by atoms with Crippen molar-refractivity contribution in [3.05, 3.63) is 33.9 Å². The summed E-state index contributed by atoms with van der Waals surface area (Å²) in [4.78, 5) is 10.6. The molecule has 0 radical (unpaired) electrons. The number of nitrogens with zero attached hydrogens (tertiary/aromatic N) is 1. The van der Waals surface area contributed by atoms with Crippen LogP contribution in [0, 0.1) is 16.0 Å². The molecule has 1 aliphatic carbocycles. The Morgan fingerprint density at radius 1 is 1.45 bits per heavy atom. The maximum absolute atomic E-state index is 11.0. The lowest BCUT2D eigenvalue weighted by Gasteiger charge is -2.20. The molecule has 1 saturated carbocycles. The van der Waals surface area contributed by atoms with Gasteiger partial charge in [0.05, 0.1) is 12.0 Å². The van der Waals surface area contributed by atoms with E-state index in [9.17, 15) is 10.1 Å². The Morgan fingerprint density at radius 2 is 2.15 bits per heavy atom. The van der Waals surface area contributed by atoms with E-state index in [1.54, 1.807) is 12.1 Å². The highest BCUT2D eigenvalue weighted by Crippen LogP contribution is 2.29. The third-order valence-corrected chi connectivity index (χ3v) is 4.18. The zero-order valence-corrected chi connectivity index (χ0v) is 12.1. The molecule has 2 rings (SSSR count). The number of ether oxygens (including phenoxy) is 1. The topological polar surface area (TPSA) is 64.4 Å². The molecule has 0 spiro atoms. The molecule has 0 saturated heterocycles. The molecule has 0 bridgehead atoms. The fourth-order valence-corrected chi connectivity index (χ4v) is 2.89. The summed E-state index contributed by atoms with van der Waals surface area (Å²) >= 11 is 0. The summed E-state index contributed by atoms with van der Waals surface area (Å²) in [5.74, 6) is 1.05. The molecule has 5 nitrogen and oxygen atoms in total. The predicted octanol–water partition coefficient (Wildman–Crippen LogP) is 3.27. The number of hydrogen-bond acceptors (Lipinski definition) is 4.